The summed E-state index contributed by atoms with van der Waals surface area (Å²) in [5.74, 6) is 2.63. The highest BCUT2D eigenvalue weighted by atomic mass is 16.5. The molecule has 2 aromatic carbocycles. The summed E-state index contributed by atoms with van der Waals surface area (Å²) in [7, 11) is 4.08. The lowest BCUT2D eigenvalue weighted by molar-refractivity contribution is -0.160. The van der Waals surface area contributed by atoms with Gasteiger partial charge in [0.25, 0.3) is 0 Å². The number of hydrogen-bond donors (Lipinski definition) is 0. The molecule has 3 aromatic rings. The van der Waals surface area contributed by atoms with Crippen molar-refractivity contribution in [3.63, 3.8) is 0 Å². The number of imidazole rings is 1. The van der Waals surface area contributed by atoms with Gasteiger partial charge in [0.05, 0.1) is 11.0 Å². The molecule has 35 heavy (non-hydrogen) atoms. The number of hydrogen-bond acceptors (Lipinski definition) is 4. The van der Waals surface area contributed by atoms with Gasteiger partial charge in [0.15, 0.2) is 0 Å². The van der Waals surface area contributed by atoms with Crippen molar-refractivity contribution in [2.24, 2.45) is 23.7 Å². The number of rotatable bonds is 7. The first kappa shape index (κ1) is 23.9. The van der Waals surface area contributed by atoms with Crippen LogP contribution >= 0.6 is 0 Å². The first-order valence-corrected chi connectivity index (χ1v) is 13.3. The van der Waals surface area contributed by atoms with Crippen LogP contribution in [0.15, 0.2) is 48.5 Å². The molecule has 4 atom stereocenters. The van der Waals surface area contributed by atoms with Crippen molar-refractivity contribution in [1.29, 1.82) is 0 Å². The number of benzene rings is 2. The quantitative estimate of drug-likeness (QED) is 0.357. The Balaban J connectivity index is 1.54. The minimum Gasteiger partial charge on any atom is -0.461 e. The van der Waals surface area contributed by atoms with Crippen molar-refractivity contribution in [3.05, 3.63) is 48.5 Å². The third kappa shape index (κ3) is 4.82. The van der Waals surface area contributed by atoms with Crippen LogP contribution in [0.4, 0.5) is 5.69 Å². The fourth-order valence-electron chi connectivity index (χ4n) is 5.83. The zero-order valence-corrected chi connectivity index (χ0v) is 21.8. The normalized spacial score (nSPS) is 23.4. The zero-order valence-electron chi connectivity index (χ0n) is 21.8. The molecule has 1 heterocycles. The monoisotopic (exact) mass is 473 g/mol. The average Bonchev–Trinajstić information content (AvgIpc) is 3.59. The summed E-state index contributed by atoms with van der Waals surface area (Å²) in [4.78, 5) is 21.1. The Labute approximate surface area is 209 Å². The van der Waals surface area contributed by atoms with Gasteiger partial charge in [-0.05, 0) is 85.8 Å². The standard InChI is InChI=1S/C30H39N3O2/c1-19(2)24-17-10-20(3)18-27(24)35-30(34)28(21-11-12-21)33-26-9-7-6-8-25(26)31-29(33)22-13-15-23(16-14-22)32(4)5/h6-9,13-16,19-21,24,27-28H,10-12,17-18H2,1-5H3/t20?,24?,27-,28?/m1/s1. The van der Waals surface area contributed by atoms with Crippen LogP contribution in [-0.2, 0) is 9.53 Å². The van der Waals surface area contributed by atoms with E-state index >= 15 is 0 Å². The highest BCUT2D eigenvalue weighted by Crippen LogP contribution is 2.45. The molecule has 2 fully saturated rings. The van der Waals surface area contributed by atoms with E-state index in [0.29, 0.717) is 23.7 Å². The Morgan fingerprint density at radius 3 is 2.40 bits per heavy atom. The van der Waals surface area contributed by atoms with Gasteiger partial charge in [-0.2, -0.15) is 0 Å². The molecule has 2 saturated carbocycles. The molecule has 5 rings (SSSR count). The Kier molecular flexibility index (Phi) is 6.61. The van der Waals surface area contributed by atoms with Gasteiger partial charge >= 0.3 is 5.97 Å². The molecule has 0 saturated heterocycles. The molecule has 2 aliphatic carbocycles. The lowest BCUT2D eigenvalue weighted by atomic mass is 9.75. The molecule has 0 N–H and O–H groups in total. The largest absolute Gasteiger partial charge is 0.461 e. The molecule has 5 heteroatoms. The fraction of sp³-hybridized carbons (Fsp3) is 0.533. The maximum Gasteiger partial charge on any atom is 0.329 e. The van der Waals surface area contributed by atoms with Crippen LogP contribution in [0, 0.1) is 23.7 Å². The molecule has 0 bridgehead atoms. The van der Waals surface area contributed by atoms with Gasteiger partial charge < -0.3 is 14.2 Å². The van der Waals surface area contributed by atoms with Gasteiger partial charge in [-0.15, -0.1) is 0 Å². The average molecular weight is 474 g/mol. The van der Waals surface area contributed by atoms with E-state index in [0.717, 1.165) is 53.8 Å². The maximum absolute atomic E-state index is 14.0. The van der Waals surface area contributed by atoms with Crippen LogP contribution in [0.25, 0.3) is 22.4 Å². The number of nitrogens with zero attached hydrogens (tertiary/aromatic N) is 3. The van der Waals surface area contributed by atoms with Crippen LogP contribution in [0.3, 0.4) is 0 Å². The molecule has 186 valence electrons. The van der Waals surface area contributed by atoms with E-state index in [9.17, 15) is 4.79 Å². The lowest BCUT2D eigenvalue weighted by Crippen LogP contribution is -2.38. The minimum atomic E-state index is -0.337. The third-order valence-electron chi connectivity index (χ3n) is 8.05. The Morgan fingerprint density at radius 2 is 1.74 bits per heavy atom. The molecule has 1 aromatic heterocycles. The summed E-state index contributed by atoms with van der Waals surface area (Å²) in [6.07, 6.45) is 5.45. The van der Waals surface area contributed by atoms with Crippen LogP contribution in [-0.4, -0.2) is 35.7 Å². The van der Waals surface area contributed by atoms with E-state index in [1.807, 2.05) is 32.3 Å². The Hall–Kier alpha value is -2.82. The Bertz CT molecular complexity index is 1180. The van der Waals surface area contributed by atoms with Crippen molar-refractivity contribution in [3.8, 4) is 11.4 Å². The molecule has 0 aliphatic heterocycles. The number of carbonyl (C=O) groups excluding carboxylic acids is 1. The van der Waals surface area contributed by atoms with Gasteiger partial charge in [0, 0.05) is 25.3 Å². The fourth-order valence-corrected chi connectivity index (χ4v) is 5.83. The topological polar surface area (TPSA) is 47.4 Å². The predicted octanol–water partition coefficient (Wildman–Crippen LogP) is 6.72. The van der Waals surface area contributed by atoms with E-state index in [1.165, 1.54) is 6.42 Å². The van der Waals surface area contributed by atoms with Crippen molar-refractivity contribution < 1.29 is 9.53 Å². The smallest absolute Gasteiger partial charge is 0.329 e. The predicted molar refractivity (Wildman–Crippen MR) is 142 cm³/mol. The molecule has 0 spiro atoms. The van der Waals surface area contributed by atoms with Crippen molar-refractivity contribution in [2.75, 3.05) is 19.0 Å². The highest BCUT2D eigenvalue weighted by molar-refractivity contribution is 5.85. The van der Waals surface area contributed by atoms with Gasteiger partial charge in [-0.1, -0.05) is 39.3 Å². The summed E-state index contributed by atoms with van der Waals surface area (Å²) in [5.41, 5.74) is 4.09. The zero-order chi connectivity index (χ0) is 24.7. The van der Waals surface area contributed by atoms with Gasteiger partial charge in [0.1, 0.15) is 18.0 Å². The molecular weight excluding hydrogens is 434 g/mol. The highest BCUT2D eigenvalue weighted by Gasteiger charge is 2.43. The van der Waals surface area contributed by atoms with Gasteiger partial charge in [-0.25, -0.2) is 9.78 Å². The molecule has 0 amide bonds. The first-order valence-electron chi connectivity index (χ1n) is 13.3. The lowest BCUT2D eigenvalue weighted by Gasteiger charge is -2.37. The number of esters is 1. The number of aromatic nitrogens is 2. The number of fused-ring (bicyclic) bond motifs is 1. The number of anilines is 1. The van der Waals surface area contributed by atoms with Crippen molar-refractivity contribution in [1.82, 2.24) is 9.55 Å². The number of carbonyl (C=O) groups is 1. The molecule has 3 unspecified atom stereocenters. The summed E-state index contributed by atoms with van der Waals surface area (Å²) in [5, 5.41) is 0. The van der Waals surface area contributed by atoms with E-state index in [1.54, 1.807) is 0 Å². The first-order chi connectivity index (χ1) is 16.8. The van der Waals surface area contributed by atoms with Crippen LogP contribution in [0.2, 0.25) is 0 Å². The molecule has 5 nitrogen and oxygen atoms in total. The number of ether oxygens (including phenoxy) is 1. The Morgan fingerprint density at radius 1 is 1.03 bits per heavy atom. The van der Waals surface area contributed by atoms with Crippen LogP contribution in [0.5, 0.6) is 0 Å². The van der Waals surface area contributed by atoms with Gasteiger partial charge in [-0.3, -0.25) is 0 Å². The van der Waals surface area contributed by atoms with E-state index in [2.05, 4.69) is 60.6 Å². The summed E-state index contributed by atoms with van der Waals surface area (Å²) < 4.78 is 8.60. The summed E-state index contributed by atoms with van der Waals surface area (Å²) in [6.45, 7) is 6.81. The second kappa shape index (κ2) is 9.67. The minimum absolute atomic E-state index is 0.00473. The summed E-state index contributed by atoms with van der Waals surface area (Å²) in [6, 6.07) is 16.3. The van der Waals surface area contributed by atoms with E-state index in [-0.39, 0.29) is 18.1 Å². The molecule has 2 aliphatic rings. The van der Waals surface area contributed by atoms with Crippen LogP contribution in [0.1, 0.15) is 58.9 Å². The van der Waals surface area contributed by atoms with E-state index < -0.39 is 0 Å². The SMILES string of the molecule is CC1CCC(C(C)C)[C@H](OC(=O)C(C2CC2)n2c(-c3ccc(N(C)C)cc3)nc3ccccc32)C1. The van der Waals surface area contributed by atoms with Crippen LogP contribution < -0.4 is 4.90 Å². The van der Waals surface area contributed by atoms with E-state index in [4.69, 9.17) is 9.72 Å². The van der Waals surface area contributed by atoms with Crippen molar-refractivity contribution in [2.45, 2.75) is 65.0 Å². The van der Waals surface area contributed by atoms with Crippen molar-refractivity contribution >= 4 is 22.7 Å². The second-order valence-corrected chi connectivity index (χ2v) is 11.3. The second-order valence-electron chi connectivity index (χ2n) is 11.3. The molecule has 0 radical (unpaired) electrons. The maximum atomic E-state index is 14.0. The third-order valence-corrected chi connectivity index (χ3v) is 8.05. The molecular formula is C30H39N3O2. The summed E-state index contributed by atoms with van der Waals surface area (Å²) >= 11 is 0. The van der Waals surface area contributed by atoms with Gasteiger partial charge in [0.2, 0.25) is 0 Å². The number of para-hydroxylation sites is 2.